The summed E-state index contributed by atoms with van der Waals surface area (Å²) >= 11 is 0. The van der Waals surface area contributed by atoms with Crippen molar-refractivity contribution < 1.29 is 17.6 Å². The molecule has 3 aromatic heterocycles. The van der Waals surface area contributed by atoms with Crippen LogP contribution in [0, 0.1) is 5.82 Å². The molecule has 0 aliphatic heterocycles. The highest BCUT2D eigenvalue weighted by Crippen LogP contribution is 2.26. The van der Waals surface area contributed by atoms with Crippen molar-refractivity contribution in [1.29, 1.82) is 0 Å². The highest BCUT2D eigenvalue weighted by Gasteiger charge is 2.19. The summed E-state index contributed by atoms with van der Waals surface area (Å²) in [5.74, 6) is -1.26. The number of rotatable bonds is 7. The number of fused-ring (bicyclic) bond motifs is 1. The van der Waals surface area contributed by atoms with E-state index in [1.54, 1.807) is 23.1 Å². The number of nitrogens with zero attached hydrogens (tertiary/aromatic N) is 7. The van der Waals surface area contributed by atoms with Crippen molar-refractivity contribution >= 4 is 16.9 Å². The first-order valence-electron chi connectivity index (χ1n) is 10.3. The predicted molar refractivity (Wildman–Crippen MR) is 116 cm³/mol. The molecule has 5 aromatic rings. The summed E-state index contributed by atoms with van der Waals surface area (Å²) in [6.45, 7) is 2.96. The molecule has 12 heteroatoms. The first-order chi connectivity index (χ1) is 16.5. The molecule has 34 heavy (non-hydrogen) atoms. The zero-order valence-corrected chi connectivity index (χ0v) is 17.8. The second-order valence-electron chi connectivity index (χ2n) is 7.36. The number of hydrogen-bond acceptors (Lipinski definition) is 8. The number of alkyl halides is 2. The van der Waals surface area contributed by atoms with E-state index in [1.807, 2.05) is 25.1 Å². The van der Waals surface area contributed by atoms with Crippen LogP contribution < -0.4 is 5.32 Å². The van der Waals surface area contributed by atoms with Crippen molar-refractivity contribution in [3.8, 4) is 22.7 Å². The Kier molecular flexibility index (Phi) is 5.62. The summed E-state index contributed by atoms with van der Waals surface area (Å²) in [5, 5.41) is 19.0. The lowest BCUT2D eigenvalue weighted by atomic mass is 10.1. The Hall–Kier alpha value is -4.35. The number of hydrogen-bond donors (Lipinski definition) is 1. The predicted octanol–water partition coefficient (Wildman–Crippen LogP) is 4.50. The Morgan fingerprint density at radius 1 is 1.09 bits per heavy atom. The van der Waals surface area contributed by atoms with Gasteiger partial charge in [0.05, 0.1) is 23.8 Å². The second kappa shape index (κ2) is 8.89. The van der Waals surface area contributed by atoms with Gasteiger partial charge in [0, 0.05) is 23.7 Å². The van der Waals surface area contributed by atoms with Gasteiger partial charge in [0.15, 0.2) is 0 Å². The second-order valence-corrected chi connectivity index (χ2v) is 7.36. The maximum atomic E-state index is 14.6. The molecule has 0 radical (unpaired) electrons. The van der Waals surface area contributed by atoms with Gasteiger partial charge >= 0.3 is 6.43 Å². The molecular formula is C22H17F3N8O. The van der Waals surface area contributed by atoms with Crippen LogP contribution in [0.3, 0.4) is 0 Å². The summed E-state index contributed by atoms with van der Waals surface area (Å²) in [6.07, 6.45) is 0.566. The third-order valence-corrected chi connectivity index (χ3v) is 4.98. The minimum absolute atomic E-state index is 0.0573. The van der Waals surface area contributed by atoms with E-state index in [0.29, 0.717) is 17.2 Å². The van der Waals surface area contributed by atoms with E-state index < -0.39 is 18.1 Å². The topological polar surface area (TPSA) is 107 Å². The Bertz CT molecular complexity index is 1470. The van der Waals surface area contributed by atoms with E-state index in [4.69, 9.17) is 4.42 Å². The average molecular weight is 466 g/mol. The van der Waals surface area contributed by atoms with Crippen LogP contribution in [0.2, 0.25) is 0 Å². The van der Waals surface area contributed by atoms with Crippen LogP contribution in [0.1, 0.15) is 24.8 Å². The van der Waals surface area contributed by atoms with Crippen molar-refractivity contribution in [2.75, 3.05) is 11.9 Å². The van der Waals surface area contributed by atoms with Gasteiger partial charge in [-0.05, 0) is 36.8 Å². The zero-order valence-electron chi connectivity index (χ0n) is 17.8. The van der Waals surface area contributed by atoms with Crippen molar-refractivity contribution in [3.63, 3.8) is 0 Å². The molecular weight excluding hydrogens is 449 g/mol. The molecule has 0 bridgehead atoms. The Labute approximate surface area is 190 Å². The summed E-state index contributed by atoms with van der Waals surface area (Å²) in [5.41, 5.74) is 2.82. The van der Waals surface area contributed by atoms with Gasteiger partial charge < -0.3 is 9.73 Å². The largest absolute Gasteiger partial charge is 0.415 e. The van der Waals surface area contributed by atoms with Crippen LogP contribution >= 0.6 is 0 Å². The first-order valence-corrected chi connectivity index (χ1v) is 10.3. The third-order valence-electron chi connectivity index (χ3n) is 4.98. The first kappa shape index (κ1) is 21.5. The lowest BCUT2D eigenvalue weighted by molar-refractivity contribution is 0.116. The molecule has 0 fully saturated rings. The monoisotopic (exact) mass is 466 g/mol. The minimum atomic E-state index is -2.92. The fourth-order valence-electron chi connectivity index (χ4n) is 3.39. The van der Waals surface area contributed by atoms with Gasteiger partial charge in [0.2, 0.25) is 5.95 Å². The summed E-state index contributed by atoms with van der Waals surface area (Å²) in [4.78, 5) is 8.75. The molecule has 5 rings (SSSR count). The quantitative estimate of drug-likeness (QED) is 0.374. The van der Waals surface area contributed by atoms with E-state index >= 15 is 0 Å². The van der Waals surface area contributed by atoms with Gasteiger partial charge in [0.25, 0.3) is 11.8 Å². The van der Waals surface area contributed by atoms with Gasteiger partial charge in [-0.25, -0.2) is 19.0 Å². The Morgan fingerprint density at radius 3 is 2.74 bits per heavy atom. The van der Waals surface area contributed by atoms with Crippen molar-refractivity contribution in [2.45, 2.75) is 19.9 Å². The van der Waals surface area contributed by atoms with E-state index in [0.717, 1.165) is 23.0 Å². The van der Waals surface area contributed by atoms with Gasteiger partial charge in [-0.2, -0.15) is 8.78 Å². The number of nitrogens with one attached hydrogen (secondary N) is 1. The standard InChI is InChI=1S/C22H17F3N8O/c1-2-26-22-27-9-14-8-13(4-6-17(14)28-22)18-11-33(32-29-18)10-12-3-5-15(16(23)7-12)20-30-31-21(34-20)19(24)25/h3-9,11,19H,2,10H2,1H3,(H,26,27,28). The fraction of sp³-hybridized carbons (Fsp3) is 0.182. The van der Waals surface area contributed by atoms with E-state index in [9.17, 15) is 13.2 Å². The Morgan fingerprint density at radius 2 is 1.97 bits per heavy atom. The molecule has 3 heterocycles. The van der Waals surface area contributed by atoms with Gasteiger partial charge in [0.1, 0.15) is 11.5 Å². The normalized spacial score (nSPS) is 11.4. The van der Waals surface area contributed by atoms with Crippen molar-refractivity contribution in [2.24, 2.45) is 0 Å². The van der Waals surface area contributed by atoms with Gasteiger partial charge in [-0.1, -0.05) is 17.3 Å². The van der Waals surface area contributed by atoms with E-state index in [2.05, 4.69) is 35.8 Å². The summed E-state index contributed by atoms with van der Waals surface area (Å²) in [7, 11) is 0. The molecule has 0 spiro atoms. The SMILES string of the molecule is CCNc1ncc2cc(-c3cn(Cc4ccc(-c5nnc(C(F)F)o5)c(F)c4)nn3)ccc2n1. The highest BCUT2D eigenvalue weighted by molar-refractivity contribution is 5.83. The lowest BCUT2D eigenvalue weighted by Crippen LogP contribution is -2.01. The van der Waals surface area contributed by atoms with Gasteiger partial charge in [-0.3, -0.25) is 0 Å². The molecule has 172 valence electrons. The minimum Gasteiger partial charge on any atom is -0.415 e. The highest BCUT2D eigenvalue weighted by atomic mass is 19.3. The van der Waals surface area contributed by atoms with Crippen molar-refractivity contribution in [1.82, 2.24) is 35.2 Å². The molecule has 0 amide bonds. The molecule has 0 unspecified atom stereocenters. The molecule has 2 aromatic carbocycles. The lowest BCUT2D eigenvalue weighted by Gasteiger charge is -2.04. The molecule has 0 atom stereocenters. The van der Waals surface area contributed by atoms with Crippen LogP contribution in [0.5, 0.6) is 0 Å². The Balaban J connectivity index is 1.34. The summed E-state index contributed by atoms with van der Waals surface area (Å²) in [6, 6.07) is 9.99. The van der Waals surface area contributed by atoms with Crippen molar-refractivity contribution in [3.05, 3.63) is 66.1 Å². The third kappa shape index (κ3) is 4.29. The number of anilines is 1. The number of benzene rings is 2. The maximum absolute atomic E-state index is 14.6. The van der Waals surface area contributed by atoms with Gasteiger partial charge in [-0.15, -0.1) is 15.3 Å². The molecule has 0 aliphatic rings. The number of halogens is 3. The van der Waals surface area contributed by atoms with Crippen LogP contribution in [0.4, 0.5) is 19.1 Å². The zero-order chi connectivity index (χ0) is 23.7. The molecule has 0 aliphatic carbocycles. The molecule has 0 saturated heterocycles. The maximum Gasteiger partial charge on any atom is 0.314 e. The summed E-state index contributed by atoms with van der Waals surface area (Å²) < 4.78 is 46.2. The van der Waals surface area contributed by atoms with Crippen LogP contribution in [0.25, 0.3) is 33.6 Å². The molecule has 1 N–H and O–H groups in total. The number of aromatic nitrogens is 7. The fourth-order valence-corrected chi connectivity index (χ4v) is 3.39. The van der Waals surface area contributed by atoms with E-state index in [-0.39, 0.29) is 18.0 Å². The van der Waals surface area contributed by atoms with E-state index in [1.165, 1.54) is 12.1 Å². The average Bonchev–Trinajstić information content (AvgIpc) is 3.49. The molecule has 0 saturated carbocycles. The van der Waals surface area contributed by atoms with Crippen LogP contribution in [-0.2, 0) is 6.54 Å². The molecule has 9 nitrogen and oxygen atoms in total. The smallest absolute Gasteiger partial charge is 0.314 e. The van der Waals surface area contributed by atoms with Crippen LogP contribution in [0.15, 0.2) is 53.2 Å². The van der Waals surface area contributed by atoms with Crippen LogP contribution in [-0.4, -0.2) is 41.7 Å².